The topological polar surface area (TPSA) is 93.7 Å². The highest BCUT2D eigenvalue weighted by Crippen LogP contribution is 2.32. The molecule has 1 amide bonds. The normalized spacial score (nSPS) is 12.8. The standard InChI is InChI=1S/C23H22N2O5S/c26-23(24-12-11-17-5-2-1-3-6-17)18-7-4-8-19(15-18)25-31(27,28)20-9-10-21-22(16-20)30-14-13-29-21/h1-10,15-16,25H,11-14H2,(H,24,26). The molecule has 0 unspecified atom stereocenters. The van der Waals surface area contributed by atoms with E-state index in [1.54, 1.807) is 24.3 Å². The van der Waals surface area contributed by atoms with Gasteiger partial charge in [-0.1, -0.05) is 36.4 Å². The average Bonchev–Trinajstić information content (AvgIpc) is 2.79. The molecule has 0 fully saturated rings. The van der Waals surface area contributed by atoms with Gasteiger partial charge in [-0.05, 0) is 42.3 Å². The molecule has 0 saturated heterocycles. The lowest BCUT2D eigenvalue weighted by molar-refractivity contribution is 0.0954. The quantitative estimate of drug-likeness (QED) is 0.591. The number of rotatable bonds is 7. The molecule has 1 aliphatic heterocycles. The van der Waals surface area contributed by atoms with Crippen LogP contribution in [0.5, 0.6) is 11.5 Å². The summed E-state index contributed by atoms with van der Waals surface area (Å²) in [5.74, 6) is 0.636. The maximum atomic E-state index is 12.8. The molecule has 0 spiro atoms. The first-order valence-corrected chi connectivity index (χ1v) is 11.3. The van der Waals surface area contributed by atoms with E-state index in [9.17, 15) is 13.2 Å². The molecule has 0 aromatic heterocycles. The Morgan fingerprint density at radius 2 is 1.65 bits per heavy atom. The molecule has 2 N–H and O–H groups in total. The largest absolute Gasteiger partial charge is 0.486 e. The Kier molecular flexibility index (Phi) is 6.08. The molecule has 0 atom stereocenters. The zero-order valence-corrected chi connectivity index (χ0v) is 17.5. The molecule has 0 aliphatic carbocycles. The summed E-state index contributed by atoms with van der Waals surface area (Å²) < 4.78 is 39.0. The van der Waals surface area contributed by atoms with Gasteiger partial charge >= 0.3 is 0 Å². The van der Waals surface area contributed by atoms with Crippen molar-refractivity contribution in [3.8, 4) is 11.5 Å². The fourth-order valence-electron chi connectivity index (χ4n) is 3.20. The van der Waals surface area contributed by atoms with Gasteiger partial charge in [0, 0.05) is 23.9 Å². The predicted octanol–water partition coefficient (Wildman–Crippen LogP) is 3.23. The highest BCUT2D eigenvalue weighted by molar-refractivity contribution is 7.92. The van der Waals surface area contributed by atoms with Gasteiger partial charge in [-0.3, -0.25) is 9.52 Å². The number of anilines is 1. The number of sulfonamides is 1. The van der Waals surface area contributed by atoms with Crippen molar-refractivity contribution in [3.05, 3.63) is 83.9 Å². The van der Waals surface area contributed by atoms with Crippen LogP contribution in [0, 0.1) is 0 Å². The third-order valence-corrected chi connectivity index (χ3v) is 6.12. The molecule has 8 heteroatoms. The Hall–Kier alpha value is -3.52. The number of amides is 1. The van der Waals surface area contributed by atoms with Crippen LogP contribution in [0.2, 0.25) is 0 Å². The van der Waals surface area contributed by atoms with Gasteiger partial charge in [-0.2, -0.15) is 0 Å². The maximum Gasteiger partial charge on any atom is 0.262 e. The van der Waals surface area contributed by atoms with E-state index in [2.05, 4.69) is 10.0 Å². The average molecular weight is 439 g/mol. The van der Waals surface area contributed by atoms with E-state index in [0.717, 1.165) is 5.56 Å². The van der Waals surface area contributed by atoms with Gasteiger partial charge in [0.05, 0.1) is 4.90 Å². The van der Waals surface area contributed by atoms with Crippen LogP contribution in [0.4, 0.5) is 5.69 Å². The molecule has 3 aromatic rings. The van der Waals surface area contributed by atoms with Gasteiger partial charge < -0.3 is 14.8 Å². The summed E-state index contributed by atoms with van der Waals surface area (Å²) in [6.45, 7) is 1.28. The second-order valence-corrected chi connectivity index (χ2v) is 8.67. The van der Waals surface area contributed by atoms with Crippen molar-refractivity contribution >= 4 is 21.6 Å². The lowest BCUT2D eigenvalue weighted by Gasteiger charge is -2.19. The van der Waals surface area contributed by atoms with Crippen molar-refractivity contribution in [2.24, 2.45) is 0 Å². The Morgan fingerprint density at radius 1 is 0.871 bits per heavy atom. The van der Waals surface area contributed by atoms with E-state index in [-0.39, 0.29) is 10.8 Å². The van der Waals surface area contributed by atoms with Gasteiger partial charge in [0.15, 0.2) is 11.5 Å². The van der Waals surface area contributed by atoms with Gasteiger partial charge in [0.2, 0.25) is 0 Å². The third kappa shape index (κ3) is 5.16. The van der Waals surface area contributed by atoms with Gasteiger partial charge in [-0.15, -0.1) is 0 Å². The number of hydrogen-bond acceptors (Lipinski definition) is 5. The summed E-state index contributed by atoms with van der Waals surface area (Å²) in [6.07, 6.45) is 0.711. The van der Waals surface area contributed by atoms with Gasteiger partial charge in [0.25, 0.3) is 15.9 Å². The third-order valence-electron chi connectivity index (χ3n) is 4.74. The zero-order chi connectivity index (χ0) is 21.7. The molecule has 7 nitrogen and oxygen atoms in total. The number of carbonyl (C=O) groups excluding carboxylic acids is 1. The molecular weight excluding hydrogens is 416 g/mol. The Balaban J connectivity index is 1.42. The molecule has 31 heavy (non-hydrogen) atoms. The monoisotopic (exact) mass is 438 g/mol. The van der Waals surface area contributed by atoms with Crippen molar-refractivity contribution < 1.29 is 22.7 Å². The van der Waals surface area contributed by atoms with Crippen LogP contribution in [0.1, 0.15) is 15.9 Å². The number of carbonyl (C=O) groups is 1. The molecule has 4 rings (SSSR count). The van der Waals surface area contributed by atoms with Crippen LogP contribution in [0.25, 0.3) is 0 Å². The second-order valence-electron chi connectivity index (χ2n) is 6.98. The number of nitrogens with one attached hydrogen (secondary N) is 2. The highest BCUT2D eigenvalue weighted by Gasteiger charge is 2.20. The van der Waals surface area contributed by atoms with E-state index in [0.29, 0.717) is 48.9 Å². The molecule has 160 valence electrons. The van der Waals surface area contributed by atoms with Crippen LogP contribution in [-0.2, 0) is 16.4 Å². The lowest BCUT2D eigenvalue weighted by atomic mass is 10.1. The predicted molar refractivity (Wildman–Crippen MR) is 117 cm³/mol. The summed E-state index contributed by atoms with van der Waals surface area (Å²) in [5, 5.41) is 2.86. The van der Waals surface area contributed by atoms with Gasteiger partial charge in [-0.25, -0.2) is 8.42 Å². The summed E-state index contributed by atoms with van der Waals surface area (Å²) >= 11 is 0. The van der Waals surface area contributed by atoms with Crippen molar-refractivity contribution in [2.75, 3.05) is 24.5 Å². The van der Waals surface area contributed by atoms with Crippen LogP contribution < -0.4 is 19.5 Å². The van der Waals surface area contributed by atoms with Crippen LogP contribution in [0.15, 0.2) is 77.7 Å². The van der Waals surface area contributed by atoms with E-state index < -0.39 is 10.0 Å². The van der Waals surface area contributed by atoms with E-state index in [1.807, 2.05) is 30.3 Å². The van der Waals surface area contributed by atoms with E-state index in [4.69, 9.17) is 9.47 Å². The minimum Gasteiger partial charge on any atom is -0.486 e. The molecule has 1 heterocycles. The number of benzene rings is 3. The summed E-state index contributed by atoms with van der Waals surface area (Å²) in [6, 6.07) is 20.7. The van der Waals surface area contributed by atoms with Crippen molar-refractivity contribution in [1.29, 1.82) is 0 Å². The number of hydrogen-bond donors (Lipinski definition) is 2. The Labute approximate surface area is 181 Å². The van der Waals surface area contributed by atoms with Gasteiger partial charge in [0.1, 0.15) is 13.2 Å². The van der Waals surface area contributed by atoms with Crippen molar-refractivity contribution in [1.82, 2.24) is 5.32 Å². The number of fused-ring (bicyclic) bond motifs is 1. The first-order valence-electron chi connectivity index (χ1n) is 9.86. The SMILES string of the molecule is O=C(NCCc1ccccc1)c1cccc(NS(=O)(=O)c2ccc3c(c2)OCCO3)c1. The molecular formula is C23H22N2O5S. The molecule has 1 aliphatic rings. The van der Waals surface area contributed by atoms with Crippen molar-refractivity contribution in [2.45, 2.75) is 11.3 Å². The van der Waals surface area contributed by atoms with Crippen LogP contribution in [0.3, 0.4) is 0 Å². The zero-order valence-electron chi connectivity index (χ0n) is 16.7. The van der Waals surface area contributed by atoms with Crippen molar-refractivity contribution in [3.63, 3.8) is 0 Å². The number of ether oxygens (including phenoxy) is 2. The Bertz CT molecular complexity index is 1180. The second kappa shape index (κ2) is 9.09. The fourth-order valence-corrected chi connectivity index (χ4v) is 4.26. The first-order chi connectivity index (χ1) is 15.0. The fraction of sp³-hybridized carbons (Fsp3) is 0.174. The summed E-state index contributed by atoms with van der Waals surface area (Å²) in [5.41, 5.74) is 1.80. The molecule has 3 aromatic carbocycles. The van der Waals surface area contributed by atoms with Crippen LogP contribution >= 0.6 is 0 Å². The lowest BCUT2D eigenvalue weighted by Crippen LogP contribution is -2.25. The molecule has 0 saturated carbocycles. The van der Waals surface area contributed by atoms with Crippen LogP contribution in [-0.4, -0.2) is 34.1 Å². The minimum atomic E-state index is -3.86. The molecule has 0 radical (unpaired) electrons. The highest BCUT2D eigenvalue weighted by atomic mass is 32.2. The first kappa shape index (κ1) is 20.7. The summed E-state index contributed by atoms with van der Waals surface area (Å²) in [7, 11) is -3.86. The van der Waals surface area contributed by atoms with E-state index in [1.165, 1.54) is 18.2 Å². The van der Waals surface area contributed by atoms with E-state index >= 15 is 0 Å². The smallest absolute Gasteiger partial charge is 0.262 e. The maximum absolute atomic E-state index is 12.8. The summed E-state index contributed by atoms with van der Waals surface area (Å²) in [4.78, 5) is 12.5. The Morgan fingerprint density at radius 3 is 2.45 bits per heavy atom. The minimum absolute atomic E-state index is 0.0504. The molecule has 0 bridgehead atoms.